The summed E-state index contributed by atoms with van der Waals surface area (Å²) in [6.45, 7) is 3.78. The summed E-state index contributed by atoms with van der Waals surface area (Å²) < 4.78 is 6.94. The minimum Gasteiger partial charge on any atom is -0.457 e. The Morgan fingerprint density at radius 2 is 1.89 bits per heavy atom. The Bertz CT molecular complexity index is 542. The van der Waals surface area contributed by atoms with Crippen molar-refractivity contribution in [3.63, 3.8) is 0 Å². The maximum atomic E-state index is 5.90. The molecule has 19 heavy (non-hydrogen) atoms. The van der Waals surface area contributed by atoms with Gasteiger partial charge in [0.25, 0.3) is 0 Å². The molecule has 0 aliphatic heterocycles. The van der Waals surface area contributed by atoms with Gasteiger partial charge in [0.1, 0.15) is 11.5 Å². The zero-order chi connectivity index (χ0) is 13.7. The normalized spacial score (nSPS) is 10.5. The van der Waals surface area contributed by atoms with Crippen LogP contribution in [0.2, 0.25) is 5.02 Å². The lowest BCUT2D eigenvalue weighted by atomic mass is 10.2. The van der Waals surface area contributed by atoms with E-state index in [1.54, 1.807) is 0 Å². The first-order chi connectivity index (χ1) is 9.19. The van der Waals surface area contributed by atoms with Gasteiger partial charge in [0.05, 0.1) is 0 Å². The second kappa shape index (κ2) is 6.94. The van der Waals surface area contributed by atoms with E-state index < -0.39 is 0 Å². The lowest BCUT2D eigenvalue weighted by Crippen LogP contribution is -2.12. The average Bonchev–Trinajstić information content (AvgIpc) is 2.41. The molecule has 0 aliphatic rings. The number of benzene rings is 2. The van der Waals surface area contributed by atoms with Gasteiger partial charge in [-0.3, -0.25) is 0 Å². The fourth-order valence-electron chi connectivity index (χ4n) is 1.68. The zero-order valence-electron chi connectivity index (χ0n) is 10.6. The molecular weight excluding hydrogens is 326 g/mol. The van der Waals surface area contributed by atoms with Crippen LogP contribution in [0.1, 0.15) is 12.5 Å². The molecule has 0 spiro atoms. The van der Waals surface area contributed by atoms with Crippen molar-refractivity contribution in [1.82, 2.24) is 5.32 Å². The molecule has 2 aromatic carbocycles. The zero-order valence-corrected chi connectivity index (χ0v) is 13.0. The van der Waals surface area contributed by atoms with Crippen molar-refractivity contribution in [2.75, 3.05) is 6.54 Å². The third-order valence-corrected chi connectivity index (χ3v) is 3.37. The summed E-state index contributed by atoms with van der Waals surface area (Å²) in [6, 6.07) is 13.4. The quantitative estimate of drug-likeness (QED) is 0.826. The van der Waals surface area contributed by atoms with Gasteiger partial charge in [-0.15, -0.1) is 0 Å². The van der Waals surface area contributed by atoms with Gasteiger partial charge in [0.15, 0.2) is 0 Å². The van der Waals surface area contributed by atoms with Crippen LogP contribution in [0.25, 0.3) is 0 Å². The van der Waals surface area contributed by atoms with Crippen LogP contribution in [0.15, 0.2) is 46.9 Å². The fourth-order valence-corrected chi connectivity index (χ4v) is 2.21. The molecule has 0 radical (unpaired) electrons. The van der Waals surface area contributed by atoms with E-state index in [0.29, 0.717) is 5.02 Å². The smallest absolute Gasteiger partial charge is 0.131 e. The number of ether oxygens (including phenoxy) is 1. The minimum atomic E-state index is 0.705. The van der Waals surface area contributed by atoms with Gasteiger partial charge in [0.2, 0.25) is 0 Å². The van der Waals surface area contributed by atoms with Crippen LogP contribution in [0, 0.1) is 0 Å². The molecule has 0 amide bonds. The van der Waals surface area contributed by atoms with Crippen molar-refractivity contribution < 1.29 is 4.74 Å². The molecule has 0 heterocycles. The first-order valence-electron chi connectivity index (χ1n) is 6.11. The molecule has 1 N–H and O–H groups in total. The van der Waals surface area contributed by atoms with E-state index in [0.717, 1.165) is 34.6 Å². The number of hydrogen-bond donors (Lipinski definition) is 1. The minimum absolute atomic E-state index is 0.705. The predicted octanol–water partition coefficient (Wildman–Crippen LogP) is 5.00. The first-order valence-corrected chi connectivity index (χ1v) is 7.28. The van der Waals surface area contributed by atoms with Gasteiger partial charge >= 0.3 is 0 Å². The van der Waals surface area contributed by atoms with Crippen LogP contribution in [-0.2, 0) is 6.54 Å². The Balaban J connectivity index is 2.20. The largest absolute Gasteiger partial charge is 0.457 e. The summed E-state index contributed by atoms with van der Waals surface area (Å²) in [6.07, 6.45) is 0. The van der Waals surface area contributed by atoms with Crippen LogP contribution in [-0.4, -0.2) is 6.54 Å². The van der Waals surface area contributed by atoms with Crippen LogP contribution < -0.4 is 10.1 Å². The van der Waals surface area contributed by atoms with Gasteiger partial charge < -0.3 is 10.1 Å². The third kappa shape index (κ3) is 4.23. The fraction of sp³-hybridized carbons (Fsp3) is 0.200. The lowest BCUT2D eigenvalue weighted by molar-refractivity contribution is 0.473. The average molecular weight is 341 g/mol. The molecule has 0 aromatic heterocycles. The number of hydrogen-bond acceptors (Lipinski definition) is 2. The van der Waals surface area contributed by atoms with Crippen molar-refractivity contribution in [2.45, 2.75) is 13.5 Å². The van der Waals surface area contributed by atoms with Crippen molar-refractivity contribution in [3.8, 4) is 11.5 Å². The van der Waals surface area contributed by atoms with Gasteiger partial charge in [-0.1, -0.05) is 34.5 Å². The van der Waals surface area contributed by atoms with Crippen LogP contribution in [0.3, 0.4) is 0 Å². The molecular formula is C15H15BrClNO. The van der Waals surface area contributed by atoms with Crippen molar-refractivity contribution in [1.29, 1.82) is 0 Å². The molecule has 100 valence electrons. The first kappa shape index (κ1) is 14.4. The summed E-state index contributed by atoms with van der Waals surface area (Å²) in [4.78, 5) is 0. The Hall–Kier alpha value is -1.03. The molecule has 4 heteroatoms. The van der Waals surface area contributed by atoms with Gasteiger partial charge in [-0.25, -0.2) is 0 Å². The van der Waals surface area contributed by atoms with Crippen LogP contribution in [0.5, 0.6) is 11.5 Å². The Morgan fingerprint density at radius 1 is 1.16 bits per heavy atom. The highest BCUT2D eigenvalue weighted by Gasteiger charge is 2.05. The summed E-state index contributed by atoms with van der Waals surface area (Å²) in [7, 11) is 0. The standard InChI is InChI=1S/C15H15BrClNO/c1-2-18-10-11-9-12(16)3-8-15(11)19-14-6-4-13(17)5-7-14/h3-9,18H,2,10H2,1H3. The van der Waals surface area contributed by atoms with Crippen LogP contribution >= 0.6 is 27.5 Å². The third-order valence-electron chi connectivity index (χ3n) is 2.63. The monoisotopic (exact) mass is 339 g/mol. The predicted molar refractivity (Wildman–Crippen MR) is 83.0 cm³/mol. The molecule has 0 bridgehead atoms. The van der Waals surface area contributed by atoms with E-state index in [-0.39, 0.29) is 0 Å². The number of nitrogens with one attached hydrogen (secondary N) is 1. The van der Waals surface area contributed by atoms with E-state index in [1.165, 1.54) is 0 Å². The lowest BCUT2D eigenvalue weighted by Gasteiger charge is -2.12. The van der Waals surface area contributed by atoms with Crippen molar-refractivity contribution in [3.05, 3.63) is 57.5 Å². The number of rotatable bonds is 5. The van der Waals surface area contributed by atoms with Crippen LogP contribution in [0.4, 0.5) is 0 Å². The summed E-state index contributed by atoms with van der Waals surface area (Å²) >= 11 is 9.35. The van der Waals surface area contributed by atoms with E-state index in [9.17, 15) is 0 Å². The molecule has 0 aliphatic carbocycles. The Labute approximate surface area is 126 Å². The molecule has 0 saturated heterocycles. The van der Waals surface area contributed by atoms with E-state index in [2.05, 4.69) is 34.2 Å². The summed E-state index contributed by atoms with van der Waals surface area (Å²) in [5.74, 6) is 1.64. The molecule has 0 fully saturated rings. The highest BCUT2D eigenvalue weighted by atomic mass is 79.9. The van der Waals surface area contributed by atoms with Crippen molar-refractivity contribution in [2.24, 2.45) is 0 Å². The highest BCUT2D eigenvalue weighted by Crippen LogP contribution is 2.28. The number of halogens is 2. The Kier molecular flexibility index (Phi) is 5.25. The maximum Gasteiger partial charge on any atom is 0.131 e. The van der Waals surface area contributed by atoms with E-state index >= 15 is 0 Å². The van der Waals surface area contributed by atoms with Gasteiger partial charge in [-0.2, -0.15) is 0 Å². The van der Waals surface area contributed by atoms with Crippen molar-refractivity contribution >= 4 is 27.5 Å². The topological polar surface area (TPSA) is 21.3 Å². The molecule has 2 aromatic rings. The van der Waals surface area contributed by atoms with Gasteiger partial charge in [-0.05, 0) is 49.0 Å². The molecule has 0 atom stereocenters. The second-order valence-corrected chi connectivity index (χ2v) is 5.44. The maximum absolute atomic E-state index is 5.90. The van der Waals surface area contributed by atoms with E-state index in [1.807, 2.05) is 36.4 Å². The molecule has 2 nitrogen and oxygen atoms in total. The molecule has 0 saturated carbocycles. The van der Waals surface area contributed by atoms with E-state index in [4.69, 9.17) is 16.3 Å². The second-order valence-electron chi connectivity index (χ2n) is 4.09. The Morgan fingerprint density at radius 3 is 2.58 bits per heavy atom. The SMILES string of the molecule is CCNCc1cc(Br)ccc1Oc1ccc(Cl)cc1. The molecule has 0 unspecified atom stereocenters. The van der Waals surface area contributed by atoms with Gasteiger partial charge in [0, 0.05) is 21.6 Å². The highest BCUT2D eigenvalue weighted by molar-refractivity contribution is 9.10. The summed E-state index contributed by atoms with van der Waals surface area (Å²) in [5.41, 5.74) is 1.12. The summed E-state index contributed by atoms with van der Waals surface area (Å²) in [5, 5.41) is 4.01. The molecule has 2 rings (SSSR count).